The number of carbonyl (C=O) groups excluding carboxylic acids is 2. The number of nitrogens with one attached hydrogen (secondary N) is 1. The van der Waals surface area contributed by atoms with Crippen LogP contribution in [0, 0.1) is 13.8 Å². The molecule has 1 N–H and O–H groups in total. The van der Waals surface area contributed by atoms with E-state index in [9.17, 15) is 9.59 Å². The van der Waals surface area contributed by atoms with Crippen molar-refractivity contribution in [2.45, 2.75) is 45.7 Å². The van der Waals surface area contributed by atoms with Gasteiger partial charge in [0.25, 0.3) is 0 Å². The van der Waals surface area contributed by atoms with Gasteiger partial charge in [-0.2, -0.15) is 0 Å². The molecule has 2 aliphatic rings. The van der Waals surface area contributed by atoms with Crippen LogP contribution in [0.15, 0.2) is 18.2 Å². The van der Waals surface area contributed by atoms with Crippen molar-refractivity contribution < 1.29 is 9.59 Å². The zero-order chi connectivity index (χ0) is 22.1. The maximum Gasteiger partial charge on any atom is 0.322 e. The van der Waals surface area contributed by atoms with Gasteiger partial charge in [-0.1, -0.05) is 6.07 Å². The number of urea groups is 2. The number of carbonyl (C=O) groups is 2. The number of rotatable bonds is 2. The summed E-state index contributed by atoms with van der Waals surface area (Å²) in [6.07, 6.45) is 1.77. The van der Waals surface area contributed by atoms with E-state index in [1.165, 1.54) is 5.56 Å². The third kappa shape index (κ3) is 4.35. The molecule has 0 bridgehead atoms. The number of anilines is 1. The number of hydrogen-bond donors (Lipinski definition) is 1. The molecule has 0 unspecified atom stereocenters. The quantitative estimate of drug-likeness (QED) is 0.802. The van der Waals surface area contributed by atoms with Gasteiger partial charge in [0.15, 0.2) is 5.82 Å². The van der Waals surface area contributed by atoms with E-state index >= 15 is 0 Å². The van der Waals surface area contributed by atoms with E-state index < -0.39 is 0 Å². The maximum atomic E-state index is 12.8. The lowest BCUT2D eigenvalue weighted by molar-refractivity contribution is 0.154. The highest BCUT2D eigenvalue weighted by molar-refractivity contribution is 5.89. The van der Waals surface area contributed by atoms with E-state index in [0.717, 1.165) is 48.8 Å². The maximum absolute atomic E-state index is 12.8. The van der Waals surface area contributed by atoms with Crippen LogP contribution in [0.4, 0.5) is 15.3 Å². The van der Waals surface area contributed by atoms with Crippen LogP contribution in [-0.4, -0.2) is 75.3 Å². The van der Waals surface area contributed by atoms with Crippen LogP contribution >= 0.6 is 0 Å². The topological polar surface area (TPSA) is 86.6 Å². The van der Waals surface area contributed by atoms with Crippen LogP contribution in [0.25, 0.3) is 0 Å². The summed E-state index contributed by atoms with van der Waals surface area (Å²) in [5.41, 5.74) is 3.16. The zero-order valence-electron chi connectivity index (χ0n) is 18.8. The molecule has 9 nitrogen and oxygen atoms in total. The molecular weight excluding hydrogens is 394 g/mol. The minimum atomic E-state index is -0.116. The Morgan fingerprint density at radius 1 is 1.00 bits per heavy atom. The third-order valence-electron chi connectivity index (χ3n) is 6.34. The zero-order valence-corrected chi connectivity index (χ0v) is 18.8. The molecule has 1 aromatic heterocycles. The molecule has 0 aliphatic carbocycles. The summed E-state index contributed by atoms with van der Waals surface area (Å²) in [7, 11) is 3.57. The number of fused-ring (bicyclic) bond motifs is 1. The van der Waals surface area contributed by atoms with Gasteiger partial charge in [-0.05, 0) is 49.9 Å². The molecule has 4 amide bonds. The van der Waals surface area contributed by atoms with Crippen molar-refractivity contribution in [2.24, 2.45) is 0 Å². The Morgan fingerprint density at radius 3 is 2.42 bits per heavy atom. The van der Waals surface area contributed by atoms with Gasteiger partial charge in [-0.25, -0.2) is 9.59 Å². The van der Waals surface area contributed by atoms with Crippen molar-refractivity contribution in [3.63, 3.8) is 0 Å². The molecule has 4 rings (SSSR count). The number of amides is 4. The molecule has 1 saturated heterocycles. The Labute approximate surface area is 183 Å². The van der Waals surface area contributed by atoms with E-state index in [4.69, 9.17) is 0 Å². The summed E-state index contributed by atoms with van der Waals surface area (Å²) in [6, 6.07) is 5.88. The van der Waals surface area contributed by atoms with Crippen molar-refractivity contribution >= 4 is 17.7 Å². The number of hydrogen-bond acceptors (Lipinski definition) is 4. The van der Waals surface area contributed by atoms with Gasteiger partial charge < -0.3 is 24.6 Å². The summed E-state index contributed by atoms with van der Waals surface area (Å²) in [5, 5.41) is 11.8. The monoisotopic (exact) mass is 425 g/mol. The Bertz CT molecular complexity index is 976. The number of aromatic nitrogens is 3. The van der Waals surface area contributed by atoms with Crippen LogP contribution in [0.1, 0.15) is 41.5 Å². The van der Waals surface area contributed by atoms with Crippen LogP contribution in [0.3, 0.4) is 0 Å². The second kappa shape index (κ2) is 8.56. The first-order valence-electron chi connectivity index (χ1n) is 10.8. The predicted molar refractivity (Wildman–Crippen MR) is 118 cm³/mol. The van der Waals surface area contributed by atoms with Crippen LogP contribution in [-0.2, 0) is 13.1 Å². The average Bonchev–Trinajstić information content (AvgIpc) is 3.19. The molecule has 0 spiro atoms. The SMILES string of the molecule is Cc1ccc(NC(=O)N2CCn3c(nnc3C3CCN(C(=O)N(C)C)CC3)C2)cc1C. The normalized spacial score (nSPS) is 16.8. The molecular formula is C22H31N7O2. The highest BCUT2D eigenvalue weighted by Crippen LogP contribution is 2.29. The first-order chi connectivity index (χ1) is 14.8. The molecule has 0 atom stereocenters. The molecule has 0 saturated carbocycles. The first kappa shape index (κ1) is 21.1. The van der Waals surface area contributed by atoms with Gasteiger partial charge >= 0.3 is 12.1 Å². The summed E-state index contributed by atoms with van der Waals surface area (Å²) < 4.78 is 2.16. The van der Waals surface area contributed by atoms with Crippen LogP contribution in [0.5, 0.6) is 0 Å². The van der Waals surface area contributed by atoms with Gasteiger partial charge in [-0.15, -0.1) is 10.2 Å². The largest absolute Gasteiger partial charge is 0.331 e. The standard InChI is InChI=1S/C22H31N7O2/c1-15-5-6-18(13-16(15)2)23-21(30)28-11-12-29-19(14-28)24-25-20(29)17-7-9-27(10-8-17)22(31)26(3)4/h5-6,13,17H,7-12,14H2,1-4H3,(H,23,30). The summed E-state index contributed by atoms with van der Waals surface area (Å²) in [5.74, 6) is 2.10. The van der Waals surface area contributed by atoms with Crippen LogP contribution in [0.2, 0.25) is 0 Å². The Balaban J connectivity index is 1.38. The number of aryl methyl sites for hydroxylation is 2. The fourth-order valence-corrected chi connectivity index (χ4v) is 4.29. The van der Waals surface area contributed by atoms with Gasteiger partial charge in [0, 0.05) is 51.9 Å². The van der Waals surface area contributed by atoms with E-state index in [2.05, 4.69) is 27.0 Å². The molecule has 166 valence electrons. The predicted octanol–water partition coefficient (Wildman–Crippen LogP) is 2.80. The van der Waals surface area contributed by atoms with Crippen LogP contribution < -0.4 is 5.32 Å². The lowest BCUT2D eigenvalue weighted by atomic mass is 9.96. The Hall–Kier alpha value is -3.10. The Kier molecular flexibility index (Phi) is 5.84. The van der Waals surface area contributed by atoms with Crippen molar-refractivity contribution in [1.82, 2.24) is 29.5 Å². The number of piperidine rings is 1. The lowest BCUT2D eigenvalue weighted by Crippen LogP contribution is -2.44. The van der Waals surface area contributed by atoms with E-state index in [-0.39, 0.29) is 12.1 Å². The van der Waals surface area contributed by atoms with Crippen molar-refractivity contribution in [3.05, 3.63) is 41.0 Å². The molecule has 0 radical (unpaired) electrons. The lowest BCUT2D eigenvalue weighted by Gasteiger charge is -2.34. The van der Waals surface area contributed by atoms with Crippen molar-refractivity contribution in [1.29, 1.82) is 0 Å². The molecule has 31 heavy (non-hydrogen) atoms. The van der Waals surface area contributed by atoms with Crippen molar-refractivity contribution in [3.8, 4) is 0 Å². The molecule has 2 aromatic rings. The Morgan fingerprint density at radius 2 is 1.74 bits per heavy atom. The molecule has 9 heteroatoms. The fraction of sp³-hybridized carbons (Fsp3) is 0.545. The van der Waals surface area contributed by atoms with Gasteiger partial charge in [0.1, 0.15) is 5.82 Å². The number of likely N-dealkylation sites (tertiary alicyclic amines) is 1. The second-order valence-electron chi connectivity index (χ2n) is 8.72. The van der Waals surface area contributed by atoms with E-state index in [0.29, 0.717) is 25.6 Å². The molecule has 1 fully saturated rings. The average molecular weight is 426 g/mol. The number of nitrogens with zero attached hydrogens (tertiary/aromatic N) is 6. The summed E-state index contributed by atoms with van der Waals surface area (Å²) in [4.78, 5) is 30.2. The summed E-state index contributed by atoms with van der Waals surface area (Å²) >= 11 is 0. The van der Waals surface area contributed by atoms with Gasteiger partial charge in [0.05, 0.1) is 6.54 Å². The van der Waals surface area contributed by atoms with Crippen molar-refractivity contribution in [2.75, 3.05) is 39.0 Å². The smallest absolute Gasteiger partial charge is 0.322 e. The molecule has 3 heterocycles. The highest BCUT2D eigenvalue weighted by atomic mass is 16.2. The molecule has 1 aromatic carbocycles. The third-order valence-corrected chi connectivity index (χ3v) is 6.34. The van der Waals surface area contributed by atoms with E-state index in [1.807, 2.05) is 30.0 Å². The van der Waals surface area contributed by atoms with Gasteiger partial charge in [-0.3, -0.25) is 0 Å². The number of benzene rings is 1. The summed E-state index contributed by atoms with van der Waals surface area (Å²) in [6.45, 7) is 7.31. The minimum absolute atomic E-state index is 0.0622. The molecule has 2 aliphatic heterocycles. The van der Waals surface area contributed by atoms with Gasteiger partial charge in [0.2, 0.25) is 0 Å². The fourth-order valence-electron chi connectivity index (χ4n) is 4.29. The minimum Gasteiger partial charge on any atom is -0.331 e. The first-order valence-corrected chi connectivity index (χ1v) is 10.8. The second-order valence-corrected chi connectivity index (χ2v) is 8.72. The van der Waals surface area contributed by atoms with E-state index in [1.54, 1.807) is 23.9 Å². The highest BCUT2D eigenvalue weighted by Gasteiger charge is 2.31.